The van der Waals surface area contributed by atoms with Crippen LogP contribution in [0.15, 0.2) is 30.3 Å². The van der Waals surface area contributed by atoms with Crippen LogP contribution in [0.1, 0.15) is 39.5 Å². The fourth-order valence-electron chi connectivity index (χ4n) is 2.66. The molecule has 0 aromatic heterocycles. The smallest absolute Gasteiger partial charge is 0.168 e. The van der Waals surface area contributed by atoms with Crippen molar-refractivity contribution in [2.75, 3.05) is 19.6 Å². The van der Waals surface area contributed by atoms with E-state index in [2.05, 4.69) is 0 Å². The summed E-state index contributed by atoms with van der Waals surface area (Å²) in [5, 5.41) is 2.12. The van der Waals surface area contributed by atoms with Crippen LogP contribution in [0, 0.1) is 0 Å². The summed E-state index contributed by atoms with van der Waals surface area (Å²) >= 11 is 5.69. The molecule has 0 heterocycles. The first-order valence-electron chi connectivity index (χ1n) is 8.62. The molecule has 2 rings (SSSR count). The van der Waals surface area contributed by atoms with Crippen LogP contribution in [-0.4, -0.2) is 25.7 Å². The van der Waals surface area contributed by atoms with Gasteiger partial charge in [0.1, 0.15) is 5.75 Å². The minimum atomic E-state index is 0.158. The number of unbranched alkanes of at least 4 members (excludes halogenated alkanes) is 3. The van der Waals surface area contributed by atoms with E-state index in [-0.39, 0.29) is 6.10 Å². The molecule has 0 aliphatic carbocycles. The topological polar surface area (TPSA) is 27.7 Å². The highest BCUT2D eigenvalue weighted by molar-refractivity contribution is 6.17. The average molecular weight is 351 g/mol. The molecule has 0 unspecified atom stereocenters. The Hall–Kier alpha value is -1.61. The van der Waals surface area contributed by atoms with Crippen molar-refractivity contribution in [2.45, 2.75) is 45.6 Å². The fourth-order valence-corrected chi connectivity index (χ4v) is 2.85. The van der Waals surface area contributed by atoms with Crippen LogP contribution in [0.3, 0.4) is 0 Å². The van der Waals surface area contributed by atoms with Crippen molar-refractivity contribution in [1.29, 1.82) is 0 Å². The Morgan fingerprint density at radius 2 is 1.79 bits per heavy atom. The normalized spacial score (nSPS) is 11.0. The zero-order valence-electron chi connectivity index (χ0n) is 14.8. The van der Waals surface area contributed by atoms with E-state index >= 15 is 0 Å². The van der Waals surface area contributed by atoms with Gasteiger partial charge in [0.05, 0.1) is 19.8 Å². The molecule has 2 aromatic rings. The van der Waals surface area contributed by atoms with Crippen molar-refractivity contribution in [3.63, 3.8) is 0 Å². The zero-order chi connectivity index (χ0) is 17.4. The molecule has 0 saturated heterocycles. The Morgan fingerprint density at radius 3 is 2.50 bits per heavy atom. The van der Waals surface area contributed by atoms with Gasteiger partial charge < -0.3 is 14.2 Å². The van der Waals surface area contributed by atoms with Gasteiger partial charge in [0.15, 0.2) is 11.5 Å². The largest absolute Gasteiger partial charge is 0.492 e. The summed E-state index contributed by atoms with van der Waals surface area (Å²) in [6.07, 6.45) is 4.55. The number of hydrogen-bond acceptors (Lipinski definition) is 3. The molecular formula is C20H27ClO3. The van der Waals surface area contributed by atoms with E-state index in [9.17, 15) is 0 Å². The molecule has 0 aliphatic rings. The van der Waals surface area contributed by atoms with Crippen molar-refractivity contribution in [3.8, 4) is 17.2 Å². The molecule has 0 amide bonds. The first-order valence-corrected chi connectivity index (χ1v) is 9.15. The standard InChI is InChI=1S/C20H27ClO3/c1-15(2)24-17-9-10-18-16(14-17)8-11-19(20(18)22-3)23-13-7-5-4-6-12-21/h8-11,14-15H,4-7,12-13H2,1-3H3. The van der Waals surface area contributed by atoms with E-state index < -0.39 is 0 Å². The summed E-state index contributed by atoms with van der Waals surface area (Å²) in [5.41, 5.74) is 0. The first kappa shape index (κ1) is 18.7. The maximum atomic E-state index is 5.92. The number of fused-ring (bicyclic) bond motifs is 1. The third kappa shape index (κ3) is 5.20. The molecule has 2 aromatic carbocycles. The second-order valence-electron chi connectivity index (χ2n) is 6.10. The van der Waals surface area contributed by atoms with Crippen molar-refractivity contribution < 1.29 is 14.2 Å². The van der Waals surface area contributed by atoms with Gasteiger partial charge in [-0.15, -0.1) is 11.6 Å². The maximum Gasteiger partial charge on any atom is 0.168 e. The Bertz CT molecular complexity index is 640. The molecule has 0 spiro atoms. The van der Waals surface area contributed by atoms with E-state index in [4.69, 9.17) is 25.8 Å². The van der Waals surface area contributed by atoms with E-state index in [1.54, 1.807) is 7.11 Å². The molecule has 0 fully saturated rings. The first-order chi connectivity index (χ1) is 11.7. The van der Waals surface area contributed by atoms with Crippen LogP contribution in [-0.2, 0) is 0 Å². The lowest BCUT2D eigenvalue weighted by molar-refractivity contribution is 0.242. The molecule has 3 nitrogen and oxygen atoms in total. The summed E-state index contributed by atoms with van der Waals surface area (Å²) in [6.45, 7) is 4.74. The zero-order valence-corrected chi connectivity index (χ0v) is 15.6. The number of benzene rings is 2. The molecular weight excluding hydrogens is 324 g/mol. The maximum absolute atomic E-state index is 5.92. The SMILES string of the molecule is COc1c(OCCCCCCCl)ccc2cc(OC(C)C)ccc12. The lowest BCUT2D eigenvalue weighted by Crippen LogP contribution is -2.05. The van der Waals surface area contributed by atoms with Crippen molar-refractivity contribution in [3.05, 3.63) is 30.3 Å². The molecule has 0 N–H and O–H groups in total. The second-order valence-corrected chi connectivity index (χ2v) is 6.48. The third-order valence-corrected chi connectivity index (χ3v) is 4.03. The highest BCUT2D eigenvalue weighted by atomic mass is 35.5. The molecule has 132 valence electrons. The van der Waals surface area contributed by atoms with Gasteiger partial charge in [-0.2, -0.15) is 0 Å². The highest BCUT2D eigenvalue weighted by Crippen LogP contribution is 2.37. The Labute approximate surface area is 149 Å². The molecule has 0 radical (unpaired) electrons. The Morgan fingerprint density at radius 1 is 1.00 bits per heavy atom. The number of ether oxygens (including phenoxy) is 3. The minimum absolute atomic E-state index is 0.158. The van der Waals surface area contributed by atoms with Crippen molar-refractivity contribution in [1.82, 2.24) is 0 Å². The van der Waals surface area contributed by atoms with Crippen LogP contribution >= 0.6 is 11.6 Å². The summed E-state index contributed by atoms with van der Waals surface area (Å²) in [7, 11) is 1.68. The third-order valence-electron chi connectivity index (χ3n) is 3.77. The monoisotopic (exact) mass is 350 g/mol. The van der Waals surface area contributed by atoms with Gasteiger partial charge in [-0.1, -0.05) is 18.9 Å². The van der Waals surface area contributed by atoms with E-state index in [1.807, 2.05) is 44.2 Å². The molecule has 0 aliphatic heterocycles. The van der Waals surface area contributed by atoms with E-state index in [1.165, 1.54) is 0 Å². The van der Waals surface area contributed by atoms with Crippen molar-refractivity contribution >= 4 is 22.4 Å². The average Bonchev–Trinajstić information content (AvgIpc) is 2.57. The lowest BCUT2D eigenvalue weighted by Gasteiger charge is -2.15. The quantitative estimate of drug-likeness (QED) is 0.399. The molecule has 0 atom stereocenters. The number of hydrogen-bond donors (Lipinski definition) is 0. The van der Waals surface area contributed by atoms with Crippen LogP contribution in [0.25, 0.3) is 10.8 Å². The van der Waals surface area contributed by atoms with Gasteiger partial charge in [-0.25, -0.2) is 0 Å². The van der Waals surface area contributed by atoms with Gasteiger partial charge in [-0.05, 0) is 56.3 Å². The van der Waals surface area contributed by atoms with Gasteiger partial charge >= 0.3 is 0 Å². The molecule has 0 saturated carbocycles. The molecule has 0 bridgehead atoms. The predicted molar refractivity (Wildman–Crippen MR) is 101 cm³/mol. The van der Waals surface area contributed by atoms with Gasteiger partial charge in [0.2, 0.25) is 0 Å². The number of halogens is 1. The van der Waals surface area contributed by atoms with Crippen LogP contribution in [0.5, 0.6) is 17.2 Å². The molecule has 24 heavy (non-hydrogen) atoms. The van der Waals surface area contributed by atoms with Crippen molar-refractivity contribution in [2.24, 2.45) is 0 Å². The van der Waals surface area contributed by atoms with Crippen LogP contribution in [0.4, 0.5) is 0 Å². The van der Waals surface area contributed by atoms with E-state index in [0.717, 1.165) is 59.6 Å². The summed E-state index contributed by atoms with van der Waals surface area (Å²) in [5.74, 6) is 3.18. The fraction of sp³-hybridized carbons (Fsp3) is 0.500. The Balaban J connectivity index is 2.08. The predicted octanol–water partition coefficient (Wildman–Crippen LogP) is 5.81. The number of alkyl halides is 1. The number of rotatable bonds is 10. The Kier molecular flexibility index (Phi) is 7.51. The summed E-state index contributed by atoms with van der Waals surface area (Å²) in [6, 6.07) is 10.1. The van der Waals surface area contributed by atoms with Gasteiger partial charge in [-0.3, -0.25) is 0 Å². The highest BCUT2D eigenvalue weighted by Gasteiger charge is 2.10. The van der Waals surface area contributed by atoms with Gasteiger partial charge in [0, 0.05) is 11.3 Å². The number of methoxy groups -OCH3 is 1. The summed E-state index contributed by atoms with van der Waals surface area (Å²) < 4.78 is 17.3. The second kappa shape index (κ2) is 9.63. The lowest BCUT2D eigenvalue weighted by atomic mass is 10.1. The van der Waals surface area contributed by atoms with Gasteiger partial charge in [0.25, 0.3) is 0 Å². The van der Waals surface area contributed by atoms with Crippen LogP contribution in [0.2, 0.25) is 0 Å². The van der Waals surface area contributed by atoms with Crippen LogP contribution < -0.4 is 14.2 Å². The minimum Gasteiger partial charge on any atom is -0.492 e. The van der Waals surface area contributed by atoms with E-state index in [0.29, 0.717) is 6.61 Å². The molecule has 4 heteroatoms. The summed E-state index contributed by atoms with van der Waals surface area (Å²) in [4.78, 5) is 0.